The molecule has 2 nitrogen and oxygen atoms in total. The average Bonchev–Trinajstić information content (AvgIpc) is 1.95. The maximum atomic E-state index is 11.7. The number of esters is 1. The third kappa shape index (κ3) is 3.84. The Morgan fingerprint density at radius 3 is 1.71 bits per heavy atom. The molecular weight excluding hydrogens is 218 g/mol. The summed E-state index contributed by atoms with van der Waals surface area (Å²) in [5.74, 6) is -1.55. The van der Waals surface area contributed by atoms with E-state index >= 15 is 0 Å². The molecule has 0 aromatic rings. The molecular formula is C6H6F6O2. The molecule has 0 amide bonds. The Balaban J connectivity index is 4.68. The second-order valence-corrected chi connectivity index (χ2v) is 2.31. The van der Waals surface area contributed by atoms with Crippen molar-refractivity contribution in [1.29, 1.82) is 0 Å². The fraction of sp³-hybridized carbons (Fsp3) is 0.833. The van der Waals surface area contributed by atoms with Gasteiger partial charge < -0.3 is 4.74 Å². The summed E-state index contributed by atoms with van der Waals surface area (Å²) in [7, 11) is 0. The molecule has 0 N–H and O–H groups in total. The molecule has 14 heavy (non-hydrogen) atoms. The standard InChI is InChI=1S/C6H6F6O2/c1-2-3(13)14-4(5(7,8)9)6(10,11)12/h4H,2H2,1H3. The molecule has 0 saturated carbocycles. The number of ether oxygens (including phenoxy) is 1. The first-order chi connectivity index (χ1) is 6.09. The van der Waals surface area contributed by atoms with Gasteiger partial charge in [-0.3, -0.25) is 4.79 Å². The van der Waals surface area contributed by atoms with Crippen LogP contribution in [0.5, 0.6) is 0 Å². The van der Waals surface area contributed by atoms with Crippen molar-refractivity contribution in [2.75, 3.05) is 0 Å². The van der Waals surface area contributed by atoms with Crippen molar-refractivity contribution in [2.45, 2.75) is 31.8 Å². The van der Waals surface area contributed by atoms with E-state index in [-0.39, 0.29) is 0 Å². The monoisotopic (exact) mass is 224 g/mol. The van der Waals surface area contributed by atoms with E-state index in [1.165, 1.54) is 0 Å². The summed E-state index contributed by atoms with van der Waals surface area (Å²) < 4.78 is 73.5. The number of alkyl halides is 6. The van der Waals surface area contributed by atoms with Crippen LogP contribution >= 0.6 is 0 Å². The molecule has 0 saturated heterocycles. The predicted molar refractivity (Wildman–Crippen MR) is 32.3 cm³/mol. The Bertz CT molecular complexity index is 191. The van der Waals surface area contributed by atoms with E-state index in [1.807, 2.05) is 0 Å². The van der Waals surface area contributed by atoms with E-state index in [4.69, 9.17) is 0 Å². The van der Waals surface area contributed by atoms with E-state index in [0.717, 1.165) is 6.92 Å². The van der Waals surface area contributed by atoms with Crippen LogP contribution in [0.3, 0.4) is 0 Å². The van der Waals surface area contributed by atoms with Crippen molar-refractivity contribution in [3.63, 3.8) is 0 Å². The van der Waals surface area contributed by atoms with Crippen LogP contribution < -0.4 is 0 Å². The highest BCUT2D eigenvalue weighted by molar-refractivity contribution is 5.69. The summed E-state index contributed by atoms with van der Waals surface area (Å²) in [6, 6.07) is 0. The Morgan fingerprint density at radius 2 is 1.50 bits per heavy atom. The topological polar surface area (TPSA) is 26.3 Å². The number of carbonyl (C=O) groups excluding carboxylic acids is 1. The Hall–Kier alpha value is -0.950. The summed E-state index contributed by atoms with van der Waals surface area (Å²) >= 11 is 0. The summed E-state index contributed by atoms with van der Waals surface area (Å²) in [5.41, 5.74) is 0. The van der Waals surface area contributed by atoms with Gasteiger partial charge in [-0.1, -0.05) is 6.92 Å². The number of halogens is 6. The van der Waals surface area contributed by atoms with Gasteiger partial charge in [-0.25, -0.2) is 0 Å². The van der Waals surface area contributed by atoms with Crippen LogP contribution in [0, 0.1) is 0 Å². The van der Waals surface area contributed by atoms with Crippen molar-refractivity contribution in [2.24, 2.45) is 0 Å². The fourth-order valence-corrected chi connectivity index (χ4v) is 0.534. The number of hydrogen-bond acceptors (Lipinski definition) is 2. The van der Waals surface area contributed by atoms with Gasteiger partial charge in [-0.05, 0) is 0 Å². The minimum Gasteiger partial charge on any atom is -0.443 e. The van der Waals surface area contributed by atoms with Crippen molar-refractivity contribution < 1.29 is 35.9 Å². The zero-order valence-corrected chi connectivity index (χ0v) is 6.87. The Labute approximate surface area is 74.8 Å². The zero-order valence-electron chi connectivity index (χ0n) is 6.87. The highest BCUT2D eigenvalue weighted by atomic mass is 19.4. The number of carbonyl (C=O) groups is 1. The van der Waals surface area contributed by atoms with Gasteiger partial charge in [0.1, 0.15) is 0 Å². The normalized spacial score (nSPS) is 13.1. The molecule has 0 bridgehead atoms. The maximum absolute atomic E-state index is 11.7. The Morgan fingerprint density at radius 1 is 1.14 bits per heavy atom. The lowest BCUT2D eigenvalue weighted by Crippen LogP contribution is -2.45. The average molecular weight is 224 g/mol. The quantitative estimate of drug-likeness (QED) is 0.531. The second kappa shape index (κ2) is 4.05. The van der Waals surface area contributed by atoms with Crippen LogP contribution in [-0.4, -0.2) is 24.4 Å². The van der Waals surface area contributed by atoms with Gasteiger partial charge in [0.25, 0.3) is 6.10 Å². The number of hydrogen-bond donors (Lipinski definition) is 0. The molecule has 0 aromatic carbocycles. The van der Waals surface area contributed by atoms with Gasteiger partial charge in [-0.15, -0.1) is 0 Å². The van der Waals surface area contributed by atoms with Crippen LogP contribution in [0.4, 0.5) is 26.3 Å². The first kappa shape index (κ1) is 13.0. The second-order valence-electron chi connectivity index (χ2n) is 2.31. The van der Waals surface area contributed by atoms with Crippen molar-refractivity contribution in [3.8, 4) is 0 Å². The van der Waals surface area contributed by atoms with E-state index in [0.29, 0.717) is 0 Å². The molecule has 0 aliphatic rings. The predicted octanol–water partition coefficient (Wildman–Crippen LogP) is 2.43. The minimum atomic E-state index is -5.64. The molecule has 0 radical (unpaired) electrons. The Kier molecular flexibility index (Phi) is 3.78. The summed E-state index contributed by atoms with van der Waals surface area (Å²) in [5, 5.41) is 0. The third-order valence-electron chi connectivity index (χ3n) is 1.13. The van der Waals surface area contributed by atoms with Crippen LogP contribution in [0.15, 0.2) is 0 Å². The molecule has 0 aliphatic carbocycles. The van der Waals surface area contributed by atoms with Crippen LogP contribution in [-0.2, 0) is 9.53 Å². The molecule has 0 aromatic heterocycles. The van der Waals surface area contributed by atoms with E-state index < -0.39 is 30.8 Å². The molecule has 0 fully saturated rings. The summed E-state index contributed by atoms with van der Waals surface area (Å²) in [6.45, 7) is 1.09. The fourth-order valence-electron chi connectivity index (χ4n) is 0.534. The van der Waals surface area contributed by atoms with Crippen molar-refractivity contribution in [3.05, 3.63) is 0 Å². The molecule has 0 spiro atoms. The lowest BCUT2D eigenvalue weighted by molar-refractivity contribution is -0.313. The smallest absolute Gasteiger partial charge is 0.434 e. The van der Waals surface area contributed by atoms with Crippen molar-refractivity contribution >= 4 is 5.97 Å². The number of rotatable bonds is 2. The minimum absolute atomic E-state index is 0.553. The molecule has 0 aliphatic heterocycles. The van der Waals surface area contributed by atoms with Gasteiger partial charge >= 0.3 is 18.3 Å². The lowest BCUT2D eigenvalue weighted by atomic mass is 10.3. The van der Waals surface area contributed by atoms with Gasteiger partial charge in [0.05, 0.1) is 0 Å². The first-order valence-corrected chi connectivity index (χ1v) is 3.42. The SMILES string of the molecule is CCC(=O)OC(C(F)(F)F)C(F)(F)F. The van der Waals surface area contributed by atoms with Crippen LogP contribution in [0.25, 0.3) is 0 Å². The van der Waals surface area contributed by atoms with Crippen LogP contribution in [0.1, 0.15) is 13.3 Å². The summed E-state index contributed by atoms with van der Waals surface area (Å²) in [6.07, 6.45) is -15.9. The molecule has 84 valence electrons. The van der Waals surface area contributed by atoms with E-state index in [1.54, 1.807) is 0 Å². The largest absolute Gasteiger partial charge is 0.443 e. The highest BCUT2D eigenvalue weighted by Crippen LogP contribution is 2.35. The molecule has 8 heteroatoms. The summed E-state index contributed by atoms with van der Waals surface area (Å²) in [4.78, 5) is 10.3. The van der Waals surface area contributed by atoms with Gasteiger partial charge in [0.2, 0.25) is 0 Å². The van der Waals surface area contributed by atoms with Gasteiger partial charge in [0, 0.05) is 6.42 Å². The van der Waals surface area contributed by atoms with E-state index in [9.17, 15) is 31.1 Å². The van der Waals surface area contributed by atoms with Gasteiger partial charge in [0.15, 0.2) is 0 Å². The maximum Gasteiger partial charge on any atom is 0.434 e. The molecule has 0 heterocycles. The van der Waals surface area contributed by atoms with E-state index in [2.05, 4.69) is 4.74 Å². The molecule has 0 unspecified atom stereocenters. The zero-order chi connectivity index (χ0) is 11.6. The van der Waals surface area contributed by atoms with Crippen LogP contribution in [0.2, 0.25) is 0 Å². The first-order valence-electron chi connectivity index (χ1n) is 3.42. The lowest BCUT2D eigenvalue weighted by Gasteiger charge is -2.22. The van der Waals surface area contributed by atoms with Gasteiger partial charge in [-0.2, -0.15) is 26.3 Å². The molecule has 0 atom stereocenters. The molecule has 0 rings (SSSR count). The van der Waals surface area contributed by atoms with Crippen molar-refractivity contribution in [1.82, 2.24) is 0 Å². The third-order valence-corrected chi connectivity index (χ3v) is 1.13. The highest BCUT2D eigenvalue weighted by Gasteiger charge is 2.59.